The minimum Gasteiger partial charge on any atom is -0.371 e. The molecule has 2 atom stereocenters. The van der Waals surface area contributed by atoms with Gasteiger partial charge in [-0.2, -0.15) is 0 Å². The lowest BCUT2D eigenvalue weighted by Gasteiger charge is -2.16. The van der Waals surface area contributed by atoms with Crippen LogP contribution in [-0.4, -0.2) is 16.6 Å². The lowest BCUT2D eigenvalue weighted by atomic mass is 10.1. The molecule has 0 spiro atoms. The fraction of sp³-hybridized carbons (Fsp3) is 0.692. The van der Waals surface area contributed by atoms with Crippen LogP contribution in [0.1, 0.15) is 62.2 Å². The van der Waals surface area contributed by atoms with E-state index >= 15 is 0 Å². The van der Waals surface area contributed by atoms with E-state index in [1.165, 1.54) is 0 Å². The predicted octanol–water partition coefficient (Wildman–Crippen LogP) is 3.96. The van der Waals surface area contributed by atoms with E-state index in [2.05, 4.69) is 16.9 Å². The number of rotatable bonds is 6. The van der Waals surface area contributed by atoms with Crippen LogP contribution in [0.2, 0.25) is 0 Å². The molecule has 1 aromatic rings. The van der Waals surface area contributed by atoms with Gasteiger partial charge in [0.15, 0.2) is 5.82 Å². The van der Waals surface area contributed by atoms with Crippen LogP contribution in [0.25, 0.3) is 0 Å². The molecule has 0 bridgehead atoms. The first kappa shape index (κ1) is 14.4. The van der Waals surface area contributed by atoms with Crippen molar-refractivity contribution in [1.29, 1.82) is 0 Å². The standard InChI is InChI=1S/C13H21ClN2O/c1-5-7-12(17-6-2)13-15-8-11(9(3)14)10(4)16-13/h8-9,12H,5-7H2,1-4H3. The van der Waals surface area contributed by atoms with Gasteiger partial charge < -0.3 is 4.74 Å². The molecule has 2 unspecified atom stereocenters. The molecule has 0 aliphatic rings. The minimum atomic E-state index is -0.0548. The summed E-state index contributed by atoms with van der Waals surface area (Å²) < 4.78 is 5.67. The number of hydrogen-bond acceptors (Lipinski definition) is 3. The molecule has 0 aliphatic carbocycles. The Balaban J connectivity index is 2.93. The summed E-state index contributed by atoms with van der Waals surface area (Å²) >= 11 is 6.05. The lowest BCUT2D eigenvalue weighted by molar-refractivity contribution is 0.0492. The second-order valence-electron chi connectivity index (χ2n) is 4.12. The summed E-state index contributed by atoms with van der Waals surface area (Å²) in [6.07, 6.45) is 3.82. The molecule has 0 saturated heterocycles. The van der Waals surface area contributed by atoms with Crippen LogP contribution in [0.3, 0.4) is 0 Å². The van der Waals surface area contributed by atoms with E-state index in [0.29, 0.717) is 6.61 Å². The largest absolute Gasteiger partial charge is 0.371 e. The Morgan fingerprint density at radius 3 is 2.59 bits per heavy atom. The van der Waals surface area contributed by atoms with Gasteiger partial charge in [-0.1, -0.05) is 13.3 Å². The summed E-state index contributed by atoms with van der Waals surface area (Å²) in [5, 5.41) is -0.0548. The number of hydrogen-bond donors (Lipinski definition) is 0. The maximum atomic E-state index is 6.05. The third kappa shape index (κ3) is 3.93. The maximum Gasteiger partial charge on any atom is 0.157 e. The highest BCUT2D eigenvalue weighted by atomic mass is 35.5. The molecule has 4 heteroatoms. The van der Waals surface area contributed by atoms with Crippen LogP contribution < -0.4 is 0 Å². The fourth-order valence-electron chi connectivity index (χ4n) is 1.79. The molecule has 0 aromatic carbocycles. The summed E-state index contributed by atoms with van der Waals surface area (Å²) in [6.45, 7) is 8.70. The van der Waals surface area contributed by atoms with Crippen LogP contribution in [0.15, 0.2) is 6.20 Å². The first-order valence-electron chi connectivity index (χ1n) is 6.19. The monoisotopic (exact) mass is 256 g/mol. The van der Waals surface area contributed by atoms with Crippen LogP contribution in [-0.2, 0) is 4.74 Å². The van der Waals surface area contributed by atoms with Crippen molar-refractivity contribution >= 4 is 11.6 Å². The molecule has 1 rings (SSSR count). The molecule has 1 aromatic heterocycles. The number of ether oxygens (including phenoxy) is 1. The Labute approximate surface area is 109 Å². The van der Waals surface area contributed by atoms with Crippen molar-refractivity contribution in [2.75, 3.05) is 6.61 Å². The maximum absolute atomic E-state index is 6.05. The topological polar surface area (TPSA) is 35.0 Å². The lowest BCUT2D eigenvalue weighted by Crippen LogP contribution is -2.10. The van der Waals surface area contributed by atoms with Gasteiger partial charge in [0, 0.05) is 24.1 Å². The summed E-state index contributed by atoms with van der Waals surface area (Å²) in [6, 6.07) is 0. The number of halogens is 1. The Morgan fingerprint density at radius 2 is 2.12 bits per heavy atom. The van der Waals surface area contributed by atoms with E-state index in [1.807, 2.05) is 27.0 Å². The molecule has 96 valence electrons. The molecule has 0 aliphatic heterocycles. The molecular weight excluding hydrogens is 236 g/mol. The van der Waals surface area contributed by atoms with E-state index < -0.39 is 0 Å². The first-order valence-corrected chi connectivity index (χ1v) is 6.62. The number of aromatic nitrogens is 2. The van der Waals surface area contributed by atoms with Crippen molar-refractivity contribution in [3.05, 3.63) is 23.3 Å². The normalized spacial score (nSPS) is 14.6. The molecule has 0 saturated carbocycles. The van der Waals surface area contributed by atoms with Gasteiger partial charge in [0.1, 0.15) is 6.10 Å². The highest BCUT2D eigenvalue weighted by Crippen LogP contribution is 2.24. The zero-order valence-electron chi connectivity index (χ0n) is 11.0. The van der Waals surface area contributed by atoms with Gasteiger partial charge in [-0.05, 0) is 27.2 Å². The average molecular weight is 257 g/mol. The van der Waals surface area contributed by atoms with Crippen LogP contribution in [0.5, 0.6) is 0 Å². The average Bonchev–Trinajstić information content (AvgIpc) is 2.28. The SMILES string of the molecule is CCCC(OCC)c1ncc(C(C)Cl)c(C)n1. The number of nitrogens with zero attached hydrogens (tertiary/aromatic N) is 2. The van der Waals surface area contributed by atoms with Gasteiger partial charge in [-0.3, -0.25) is 0 Å². The smallest absolute Gasteiger partial charge is 0.157 e. The fourth-order valence-corrected chi connectivity index (χ4v) is 2.00. The Kier molecular flexibility index (Phi) is 5.86. The summed E-state index contributed by atoms with van der Waals surface area (Å²) in [4.78, 5) is 8.89. The third-order valence-electron chi connectivity index (χ3n) is 2.67. The second-order valence-corrected chi connectivity index (χ2v) is 4.77. The van der Waals surface area contributed by atoms with E-state index in [9.17, 15) is 0 Å². The van der Waals surface area contributed by atoms with Crippen molar-refractivity contribution in [1.82, 2.24) is 9.97 Å². The van der Waals surface area contributed by atoms with Gasteiger partial charge in [-0.25, -0.2) is 9.97 Å². The Bertz CT molecular complexity index is 349. The van der Waals surface area contributed by atoms with Gasteiger partial charge in [0.05, 0.1) is 5.38 Å². The molecule has 3 nitrogen and oxygen atoms in total. The van der Waals surface area contributed by atoms with Gasteiger partial charge in [0.2, 0.25) is 0 Å². The van der Waals surface area contributed by atoms with Crippen molar-refractivity contribution in [3.63, 3.8) is 0 Å². The summed E-state index contributed by atoms with van der Waals surface area (Å²) in [5.41, 5.74) is 1.93. The molecule has 17 heavy (non-hydrogen) atoms. The zero-order valence-corrected chi connectivity index (χ0v) is 11.8. The van der Waals surface area contributed by atoms with Gasteiger partial charge >= 0.3 is 0 Å². The molecule has 0 fully saturated rings. The molecule has 0 N–H and O–H groups in total. The van der Waals surface area contributed by atoms with Crippen LogP contribution in [0, 0.1) is 6.92 Å². The van der Waals surface area contributed by atoms with E-state index in [0.717, 1.165) is 29.9 Å². The third-order valence-corrected chi connectivity index (χ3v) is 2.91. The van der Waals surface area contributed by atoms with Crippen molar-refractivity contribution < 1.29 is 4.74 Å². The van der Waals surface area contributed by atoms with Crippen LogP contribution in [0.4, 0.5) is 0 Å². The molecular formula is C13H21ClN2O. The second kappa shape index (κ2) is 6.92. The highest BCUT2D eigenvalue weighted by Gasteiger charge is 2.16. The van der Waals surface area contributed by atoms with Gasteiger partial charge in [-0.15, -0.1) is 11.6 Å². The van der Waals surface area contributed by atoms with Gasteiger partial charge in [0.25, 0.3) is 0 Å². The van der Waals surface area contributed by atoms with Crippen molar-refractivity contribution in [2.45, 2.75) is 52.0 Å². The minimum absolute atomic E-state index is 0.00313. The van der Waals surface area contributed by atoms with E-state index in [-0.39, 0.29) is 11.5 Å². The number of alkyl halides is 1. The van der Waals surface area contributed by atoms with Crippen LogP contribution >= 0.6 is 11.6 Å². The Hall–Kier alpha value is -0.670. The molecule has 1 heterocycles. The first-order chi connectivity index (χ1) is 8.10. The zero-order chi connectivity index (χ0) is 12.8. The molecule has 0 radical (unpaired) electrons. The molecule has 0 amide bonds. The van der Waals surface area contributed by atoms with E-state index in [4.69, 9.17) is 16.3 Å². The quantitative estimate of drug-likeness (QED) is 0.723. The summed E-state index contributed by atoms with van der Waals surface area (Å²) in [5.74, 6) is 0.771. The predicted molar refractivity (Wildman–Crippen MR) is 70.3 cm³/mol. The highest BCUT2D eigenvalue weighted by molar-refractivity contribution is 6.20. The Morgan fingerprint density at radius 1 is 1.41 bits per heavy atom. The van der Waals surface area contributed by atoms with Crippen molar-refractivity contribution in [3.8, 4) is 0 Å². The van der Waals surface area contributed by atoms with Crippen molar-refractivity contribution in [2.24, 2.45) is 0 Å². The number of aryl methyl sites for hydroxylation is 1. The summed E-state index contributed by atoms with van der Waals surface area (Å²) in [7, 11) is 0. The van der Waals surface area contributed by atoms with E-state index in [1.54, 1.807) is 0 Å².